The van der Waals surface area contributed by atoms with E-state index in [0.29, 0.717) is 12.2 Å². The summed E-state index contributed by atoms with van der Waals surface area (Å²) in [4.78, 5) is 27.0. The van der Waals surface area contributed by atoms with E-state index < -0.39 is 6.03 Å². The van der Waals surface area contributed by atoms with Crippen molar-refractivity contribution in [3.63, 3.8) is 0 Å². The fourth-order valence-corrected chi connectivity index (χ4v) is 4.88. The molecule has 36 heavy (non-hydrogen) atoms. The number of fused-ring (bicyclic) bond motifs is 2. The highest BCUT2D eigenvalue weighted by molar-refractivity contribution is 6.14. The standard InChI is InChI=1S/C31H25N3O2/c1-21-13-15-22(16-14-21)18-34-30(35)28(32-31(34)36)17-25-20-33(29-12-5-4-11-27(25)29)19-24-9-6-8-23-7-2-3-10-26(23)24/h2-17,20H,18-19H2,1H3,(H,32,36)/b28-17+. The Labute approximate surface area is 209 Å². The van der Waals surface area contributed by atoms with Gasteiger partial charge in [0.15, 0.2) is 0 Å². The van der Waals surface area contributed by atoms with Crippen molar-refractivity contribution in [2.45, 2.75) is 20.0 Å². The second kappa shape index (κ2) is 8.86. The van der Waals surface area contributed by atoms with E-state index in [1.165, 1.54) is 21.2 Å². The number of amides is 3. The van der Waals surface area contributed by atoms with Crippen LogP contribution in [0.4, 0.5) is 4.79 Å². The number of carbonyl (C=O) groups is 2. The lowest BCUT2D eigenvalue weighted by Crippen LogP contribution is -2.30. The summed E-state index contributed by atoms with van der Waals surface area (Å²) in [6, 6.07) is 30.3. The van der Waals surface area contributed by atoms with Crippen molar-refractivity contribution in [2.75, 3.05) is 0 Å². The van der Waals surface area contributed by atoms with Gasteiger partial charge in [0, 0.05) is 29.2 Å². The van der Waals surface area contributed by atoms with Crippen LogP contribution in [0.2, 0.25) is 0 Å². The number of para-hydroxylation sites is 1. The first-order valence-electron chi connectivity index (χ1n) is 12.0. The minimum atomic E-state index is -0.397. The molecule has 1 fully saturated rings. The summed E-state index contributed by atoms with van der Waals surface area (Å²) >= 11 is 0. The van der Waals surface area contributed by atoms with E-state index in [2.05, 4.69) is 64.6 Å². The van der Waals surface area contributed by atoms with Gasteiger partial charge >= 0.3 is 6.03 Å². The van der Waals surface area contributed by atoms with Crippen molar-refractivity contribution >= 4 is 39.7 Å². The Morgan fingerprint density at radius 3 is 2.33 bits per heavy atom. The Morgan fingerprint density at radius 1 is 0.778 bits per heavy atom. The van der Waals surface area contributed by atoms with Gasteiger partial charge in [-0.15, -0.1) is 0 Å². The molecule has 0 aliphatic carbocycles. The van der Waals surface area contributed by atoms with E-state index in [0.717, 1.165) is 27.6 Å². The lowest BCUT2D eigenvalue weighted by atomic mass is 10.0. The molecule has 1 aromatic heterocycles. The molecule has 1 aliphatic heterocycles. The number of hydrogen-bond donors (Lipinski definition) is 1. The molecule has 176 valence electrons. The molecule has 5 nitrogen and oxygen atoms in total. The number of urea groups is 1. The second-order valence-corrected chi connectivity index (χ2v) is 9.23. The number of benzene rings is 4. The van der Waals surface area contributed by atoms with Crippen LogP contribution in [0.15, 0.2) is 103 Å². The smallest absolute Gasteiger partial charge is 0.329 e. The van der Waals surface area contributed by atoms with Crippen molar-refractivity contribution in [3.8, 4) is 0 Å². The maximum atomic E-state index is 13.1. The van der Waals surface area contributed by atoms with Crippen molar-refractivity contribution in [1.29, 1.82) is 0 Å². The van der Waals surface area contributed by atoms with E-state index in [9.17, 15) is 9.59 Å². The molecule has 5 aromatic rings. The third-order valence-corrected chi connectivity index (χ3v) is 6.76. The molecule has 3 amide bonds. The quantitative estimate of drug-likeness (QED) is 0.244. The molecule has 6 rings (SSSR count). The highest BCUT2D eigenvalue weighted by Gasteiger charge is 2.33. The Hall–Kier alpha value is -4.64. The first kappa shape index (κ1) is 21.9. The van der Waals surface area contributed by atoms with Gasteiger partial charge in [-0.25, -0.2) is 4.79 Å². The number of nitrogens with one attached hydrogen (secondary N) is 1. The van der Waals surface area contributed by atoms with Crippen LogP contribution in [0.5, 0.6) is 0 Å². The van der Waals surface area contributed by atoms with Crippen molar-refractivity contribution < 1.29 is 9.59 Å². The molecule has 0 unspecified atom stereocenters. The summed E-state index contributed by atoms with van der Waals surface area (Å²) in [6.07, 6.45) is 3.85. The number of rotatable bonds is 5. The number of hydrogen-bond acceptors (Lipinski definition) is 2. The number of aromatic nitrogens is 1. The third kappa shape index (κ3) is 3.95. The zero-order valence-corrected chi connectivity index (χ0v) is 19.9. The van der Waals surface area contributed by atoms with Gasteiger partial charge < -0.3 is 9.88 Å². The van der Waals surface area contributed by atoms with E-state index >= 15 is 0 Å². The minimum Gasteiger partial charge on any atom is -0.342 e. The average molecular weight is 472 g/mol. The first-order chi connectivity index (χ1) is 17.6. The summed E-state index contributed by atoms with van der Waals surface area (Å²) in [5.41, 5.74) is 5.54. The van der Waals surface area contributed by atoms with Crippen LogP contribution in [0.3, 0.4) is 0 Å². The molecule has 4 aromatic carbocycles. The monoisotopic (exact) mass is 471 g/mol. The van der Waals surface area contributed by atoms with Gasteiger partial charge in [-0.05, 0) is 41.0 Å². The summed E-state index contributed by atoms with van der Waals surface area (Å²) in [5, 5.41) is 6.24. The lowest BCUT2D eigenvalue weighted by Gasteiger charge is -2.11. The molecule has 0 atom stereocenters. The minimum absolute atomic E-state index is 0.241. The maximum absolute atomic E-state index is 13.1. The average Bonchev–Trinajstić information content (AvgIpc) is 3.37. The third-order valence-electron chi connectivity index (χ3n) is 6.76. The largest absolute Gasteiger partial charge is 0.342 e. The van der Waals surface area contributed by atoms with Gasteiger partial charge in [0.2, 0.25) is 0 Å². The normalized spacial score (nSPS) is 14.8. The molecule has 1 N–H and O–H groups in total. The molecular weight excluding hydrogens is 446 g/mol. The van der Waals surface area contributed by atoms with Crippen LogP contribution in [0, 0.1) is 6.92 Å². The van der Waals surface area contributed by atoms with Crippen LogP contribution in [-0.4, -0.2) is 21.4 Å². The Balaban J connectivity index is 1.34. The van der Waals surface area contributed by atoms with E-state index in [-0.39, 0.29) is 12.5 Å². The fourth-order valence-electron chi connectivity index (χ4n) is 4.88. The van der Waals surface area contributed by atoms with E-state index in [1.807, 2.05) is 49.4 Å². The highest BCUT2D eigenvalue weighted by Crippen LogP contribution is 2.27. The molecule has 0 radical (unpaired) electrons. The van der Waals surface area contributed by atoms with Gasteiger partial charge in [-0.3, -0.25) is 9.69 Å². The first-order valence-corrected chi connectivity index (χ1v) is 12.0. The van der Waals surface area contributed by atoms with Gasteiger partial charge in [0.25, 0.3) is 5.91 Å². The molecule has 0 spiro atoms. The lowest BCUT2D eigenvalue weighted by molar-refractivity contribution is -0.123. The Morgan fingerprint density at radius 2 is 1.50 bits per heavy atom. The fraction of sp³-hybridized carbons (Fsp3) is 0.0968. The zero-order chi connectivity index (χ0) is 24.6. The SMILES string of the molecule is Cc1ccc(CN2C(=O)N/C(=C/c3cn(Cc4cccc5ccccc45)c4ccccc34)C2=O)cc1. The number of carbonyl (C=O) groups excluding carboxylic acids is 2. The van der Waals surface area contributed by atoms with E-state index in [4.69, 9.17) is 0 Å². The van der Waals surface area contributed by atoms with Crippen LogP contribution < -0.4 is 5.32 Å². The van der Waals surface area contributed by atoms with Gasteiger partial charge in [0.05, 0.1) is 6.54 Å². The van der Waals surface area contributed by atoms with Crippen LogP contribution in [0.25, 0.3) is 27.8 Å². The molecule has 1 saturated heterocycles. The number of aryl methyl sites for hydroxylation is 1. The summed E-state index contributed by atoms with van der Waals surface area (Å²) < 4.78 is 2.20. The number of nitrogens with zero attached hydrogens (tertiary/aromatic N) is 2. The second-order valence-electron chi connectivity index (χ2n) is 9.23. The van der Waals surface area contributed by atoms with Crippen molar-refractivity contribution in [3.05, 3.63) is 125 Å². The topological polar surface area (TPSA) is 54.3 Å². The molecule has 0 saturated carbocycles. The summed E-state index contributed by atoms with van der Waals surface area (Å²) in [7, 11) is 0. The zero-order valence-electron chi connectivity index (χ0n) is 19.9. The van der Waals surface area contributed by atoms with Gasteiger partial charge in [-0.1, -0.05) is 90.5 Å². The predicted octanol–water partition coefficient (Wildman–Crippen LogP) is 6.24. The Bertz CT molecular complexity index is 1660. The molecule has 0 bridgehead atoms. The van der Waals surface area contributed by atoms with Gasteiger partial charge in [-0.2, -0.15) is 0 Å². The van der Waals surface area contributed by atoms with Crippen molar-refractivity contribution in [1.82, 2.24) is 14.8 Å². The summed E-state index contributed by atoms with van der Waals surface area (Å²) in [5.74, 6) is -0.313. The van der Waals surface area contributed by atoms with Crippen LogP contribution in [-0.2, 0) is 17.9 Å². The van der Waals surface area contributed by atoms with E-state index in [1.54, 1.807) is 6.08 Å². The molecular formula is C31H25N3O2. The maximum Gasteiger partial charge on any atom is 0.329 e. The predicted molar refractivity (Wildman–Crippen MR) is 143 cm³/mol. The van der Waals surface area contributed by atoms with Gasteiger partial charge in [0.1, 0.15) is 5.70 Å². The van der Waals surface area contributed by atoms with Crippen molar-refractivity contribution in [2.24, 2.45) is 0 Å². The molecule has 5 heteroatoms. The molecule has 1 aliphatic rings. The van der Waals surface area contributed by atoms with Crippen LogP contribution in [0.1, 0.15) is 22.3 Å². The van der Waals surface area contributed by atoms with Crippen LogP contribution >= 0.6 is 0 Å². The molecule has 2 heterocycles. The number of imide groups is 1. The Kier molecular flexibility index (Phi) is 5.38. The highest BCUT2D eigenvalue weighted by atomic mass is 16.2. The summed E-state index contributed by atoms with van der Waals surface area (Å²) in [6.45, 7) is 2.95.